The molecular weight excluding hydrogens is 290 g/mol. The Hall–Kier alpha value is -2.62. The zero-order valence-electron chi connectivity index (χ0n) is 13.6. The number of carbonyl (C=O) groups is 2. The van der Waals surface area contributed by atoms with E-state index in [1.165, 1.54) is 5.56 Å². The minimum absolute atomic E-state index is 0.307. The first-order valence-electron chi connectivity index (χ1n) is 7.59. The molecule has 2 aromatic rings. The predicted molar refractivity (Wildman–Crippen MR) is 90.6 cm³/mol. The summed E-state index contributed by atoms with van der Waals surface area (Å²) in [5.74, 6) is -0.423. The molecule has 0 spiro atoms. The lowest BCUT2D eigenvalue weighted by molar-refractivity contribution is -0.119. The summed E-state index contributed by atoms with van der Waals surface area (Å²) < 4.78 is 5.01. The molecule has 0 saturated heterocycles. The summed E-state index contributed by atoms with van der Waals surface area (Å²) in [4.78, 5) is 23.7. The van der Waals surface area contributed by atoms with E-state index in [0.717, 1.165) is 5.56 Å². The van der Waals surface area contributed by atoms with Crippen molar-refractivity contribution in [2.45, 2.75) is 26.7 Å². The molecule has 0 radical (unpaired) electrons. The predicted octanol–water partition coefficient (Wildman–Crippen LogP) is 3.91. The smallest absolute Gasteiger partial charge is 0.338 e. The van der Waals surface area contributed by atoms with Crippen LogP contribution in [0.2, 0.25) is 0 Å². The number of amides is 1. The maximum Gasteiger partial charge on any atom is 0.338 e. The Bertz CT molecular complexity index is 673. The molecule has 0 unspecified atom stereocenters. The number of carbonyl (C=O) groups excluding carboxylic acids is 2. The highest BCUT2D eigenvalue weighted by molar-refractivity contribution is 5.95. The zero-order chi connectivity index (χ0) is 16.8. The minimum atomic E-state index is -0.504. The number of benzene rings is 2. The summed E-state index contributed by atoms with van der Waals surface area (Å²) in [5.41, 5.74) is 3.38. The molecular formula is C19H21NO3. The van der Waals surface area contributed by atoms with Gasteiger partial charge in [0.25, 0.3) is 5.91 Å². The van der Waals surface area contributed by atoms with E-state index in [0.29, 0.717) is 17.2 Å². The number of anilines is 1. The zero-order valence-corrected chi connectivity index (χ0v) is 13.6. The normalized spacial score (nSPS) is 10.4. The van der Waals surface area contributed by atoms with E-state index in [2.05, 4.69) is 19.2 Å². The van der Waals surface area contributed by atoms with Crippen molar-refractivity contribution >= 4 is 17.6 Å². The van der Waals surface area contributed by atoms with Crippen LogP contribution in [0.25, 0.3) is 0 Å². The van der Waals surface area contributed by atoms with Crippen LogP contribution in [0, 0.1) is 6.92 Å². The molecule has 0 aliphatic carbocycles. The first-order valence-corrected chi connectivity index (χ1v) is 7.59. The van der Waals surface area contributed by atoms with Crippen LogP contribution in [0.1, 0.15) is 41.3 Å². The van der Waals surface area contributed by atoms with Gasteiger partial charge in [0.05, 0.1) is 5.56 Å². The molecule has 0 heterocycles. The van der Waals surface area contributed by atoms with Gasteiger partial charge >= 0.3 is 5.97 Å². The van der Waals surface area contributed by atoms with Gasteiger partial charge in [-0.3, -0.25) is 4.79 Å². The number of esters is 1. The van der Waals surface area contributed by atoms with Crippen LogP contribution in [-0.2, 0) is 9.53 Å². The highest BCUT2D eigenvalue weighted by Gasteiger charge is 2.10. The van der Waals surface area contributed by atoms with E-state index >= 15 is 0 Å². The average Bonchev–Trinajstić information content (AvgIpc) is 2.54. The molecule has 0 saturated carbocycles. The summed E-state index contributed by atoms with van der Waals surface area (Å²) in [6.07, 6.45) is 0. The lowest BCUT2D eigenvalue weighted by Gasteiger charge is -2.09. The molecule has 1 amide bonds. The van der Waals surface area contributed by atoms with Crippen LogP contribution in [0.4, 0.5) is 5.69 Å². The number of rotatable bonds is 5. The highest BCUT2D eigenvalue weighted by atomic mass is 16.5. The molecule has 0 aromatic heterocycles. The van der Waals surface area contributed by atoms with Gasteiger partial charge < -0.3 is 10.1 Å². The summed E-state index contributed by atoms with van der Waals surface area (Å²) in [5, 5.41) is 2.71. The maximum atomic E-state index is 11.8. The maximum absolute atomic E-state index is 11.8. The van der Waals surface area contributed by atoms with Crippen molar-refractivity contribution in [2.24, 2.45) is 0 Å². The molecule has 0 aliphatic heterocycles. The van der Waals surface area contributed by atoms with Crippen LogP contribution in [-0.4, -0.2) is 18.5 Å². The first kappa shape index (κ1) is 16.7. The Kier molecular flexibility index (Phi) is 5.52. The molecule has 4 nitrogen and oxygen atoms in total. The summed E-state index contributed by atoms with van der Waals surface area (Å²) in [6, 6.07) is 14.6. The highest BCUT2D eigenvalue weighted by Crippen LogP contribution is 2.17. The molecule has 23 heavy (non-hydrogen) atoms. The second kappa shape index (κ2) is 7.58. The fraction of sp³-hybridized carbons (Fsp3) is 0.263. The van der Waals surface area contributed by atoms with Gasteiger partial charge in [0.2, 0.25) is 0 Å². The van der Waals surface area contributed by atoms with Gasteiger partial charge in [0, 0.05) is 5.69 Å². The SMILES string of the molecule is Cc1ccc(C(=O)OCC(=O)Nc2ccc(C(C)C)cc2)cc1. The second-order valence-electron chi connectivity index (χ2n) is 5.77. The van der Waals surface area contributed by atoms with Gasteiger partial charge in [0.1, 0.15) is 0 Å². The second-order valence-corrected chi connectivity index (χ2v) is 5.77. The average molecular weight is 311 g/mol. The molecule has 4 heteroatoms. The van der Waals surface area contributed by atoms with Gasteiger partial charge in [0.15, 0.2) is 6.61 Å². The van der Waals surface area contributed by atoms with E-state index in [4.69, 9.17) is 4.74 Å². The molecule has 0 fully saturated rings. The van der Waals surface area contributed by atoms with Gasteiger partial charge in [-0.1, -0.05) is 43.7 Å². The minimum Gasteiger partial charge on any atom is -0.452 e. The van der Waals surface area contributed by atoms with Crippen molar-refractivity contribution in [1.82, 2.24) is 0 Å². The number of nitrogens with one attached hydrogen (secondary N) is 1. The van der Waals surface area contributed by atoms with Gasteiger partial charge in [-0.15, -0.1) is 0 Å². The fourth-order valence-corrected chi connectivity index (χ4v) is 2.05. The van der Waals surface area contributed by atoms with Crippen LogP contribution in [0.15, 0.2) is 48.5 Å². The Balaban J connectivity index is 1.85. The molecule has 0 bridgehead atoms. The van der Waals surface area contributed by atoms with Crippen LogP contribution < -0.4 is 5.32 Å². The Morgan fingerprint density at radius 1 is 1.00 bits per heavy atom. The van der Waals surface area contributed by atoms with Crippen molar-refractivity contribution in [3.05, 3.63) is 65.2 Å². The summed E-state index contributed by atoms with van der Waals surface area (Å²) in [6.45, 7) is 5.85. The Morgan fingerprint density at radius 3 is 2.17 bits per heavy atom. The van der Waals surface area contributed by atoms with E-state index < -0.39 is 5.97 Å². The lowest BCUT2D eigenvalue weighted by atomic mass is 10.0. The van der Waals surface area contributed by atoms with Gasteiger partial charge in [-0.25, -0.2) is 4.79 Å². The van der Waals surface area contributed by atoms with Crippen molar-refractivity contribution in [2.75, 3.05) is 11.9 Å². The third-order valence-electron chi connectivity index (χ3n) is 3.48. The molecule has 1 N–H and O–H groups in total. The fourth-order valence-electron chi connectivity index (χ4n) is 2.05. The van der Waals surface area contributed by atoms with Crippen molar-refractivity contribution < 1.29 is 14.3 Å². The molecule has 0 atom stereocenters. The summed E-state index contributed by atoms with van der Waals surface area (Å²) in [7, 11) is 0. The number of ether oxygens (including phenoxy) is 1. The third kappa shape index (κ3) is 4.95. The topological polar surface area (TPSA) is 55.4 Å². The monoisotopic (exact) mass is 311 g/mol. The van der Waals surface area contributed by atoms with Crippen LogP contribution in [0.5, 0.6) is 0 Å². The van der Waals surface area contributed by atoms with Crippen molar-refractivity contribution in [3.63, 3.8) is 0 Å². The van der Waals surface area contributed by atoms with Gasteiger partial charge in [-0.05, 0) is 42.7 Å². The molecule has 2 aromatic carbocycles. The van der Waals surface area contributed by atoms with E-state index in [-0.39, 0.29) is 12.5 Å². The standard InChI is InChI=1S/C19H21NO3/c1-13(2)15-8-10-17(11-9-15)20-18(21)12-23-19(22)16-6-4-14(3)5-7-16/h4-11,13H,12H2,1-3H3,(H,20,21). The van der Waals surface area contributed by atoms with Gasteiger partial charge in [-0.2, -0.15) is 0 Å². The largest absolute Gasteiger partial charge is 0.452 e. The van der Waals surface area contributed by atoms with Crippen LogP contribution in [0.3, 0.4) is 0 Å². The number of hydrogen-bond acceptors (Lipinski definition) is 3. The van der Waals surface area contributed by atoms with Crippen molar-refractivity contribution in [3.8, 4) is 0 Å². The lowest BCUT2D eigenvalue weighted by Crippen LogP contribution is -2.20. The van der Waals surface area contributed by atoms with Crippen molar-refractivity contribution in [1.29, 1.82) is 0 Å². The Morgan fingerprint density at radius 2 is 1.61 bits per heavy atom. The van der Waals surface area contributed by atoms with E-state index in [1.807, 2.05) is 43.3 Å². The molecule has 120 valence electrons. The third-order valence-corrected chi connectivity index (χ3v) is 3.48. The quantitative estimate of drug-likeness (QED) is 0.852. The number of aryl methyl sites for hydroxylation is 1. The number of hydrogen-bond donors (Lipinski definition) is 1. The molecule has 0 aliphatic rings. The summed E-state index contributed by atoms with van der Waals surface area (Å²) >= 11 is 0. The van der Waals surface area contributed by atoms with Crippen LogP contribution >= 0.6 is 0 Å². The van der Waals surface area contributed by atoms with E-state index in [1.54, 1.807) is 12.1 Å². The Labute approximate surface area is 136 Å². The first-order chi connectivity index (χ1) is 11.0. The van der Waals surface area contributed by atoms with E-state index in [9.17, 15) is 9.59 Å². The molecule has 2 rings (SSSR count).